The topological polar surface area (TPSA) is 74.3 Å². The molecular weight excluding hydrogens is 388 g/mol. The Labute approximate surface area is 170 Å². The van der Waals surface area contributed by atoms with Crippen LogP contribution in [0.5, 0.6) is 0 Å². The van der Waals surface area contributed by atoms with Gasteiger partial charge in [0.1, 0.15) is 25.1 Å². The van der Waals surface area contributed by atoms with E-state index in [1.807, 2.05) is 21.5 Å². The average molecular weight is 425 g/mol. The van der Waals surface area contributed by atoms with Gasteiger partial charge in [-0.2, -0.15) is 0 Å². The Bertz CT molecular complexity index is 659. The van der Waals surface area contributed by atoms with Gasteiger partial charge in [0, 0.05) is 54.1 Å². The van der Waals surface area contributed by atoms with Crippen molar-refractivity contribution in [2.24, 2.45) is 0 Å². The third-order valence-corrected chi connectivity index (χ3v) is 7.85. The van der Waals surface area contributed by atoms with Gasteiger partial charge in [-0.25, -0.2) is 9.97 Å². The van der Waals surface area contributed by atoms with Gasteiger partial charge in [-0.3, -0.25) is 0 Å². The van der Waals surface area contributed by atoms with E-state index in [9.17, 15) is 5.11 Å². The third-order valence-electron chi connectivity index (χ3n) is 4.44. The lowest BCUT2D eigenvalue weighted by molar-refractivity contribution is 0.0696. The summed E-state index contributed by atoms with van der Waals surface area (Å²) in [6.45, 7) is 16.2. The molecule has 0 amide bonds. The molecule has 0 bridgehead atoms. The first-order chi connectivity index (χ1) is 13.1. The molecule has 7 nitrogen and oxygen atoms in total. The van der Waals surface area contributed by atoms with Crippen LogP contribution in [0.2, 0.25) is 51.4 Å². The van der Waals surface area contributed by atoms with E-state index in [1.165, 1.54) is 0 Å². The SMILES string of the molecule is C[Si](C)(C)CCOCn1ccnc1C(O)c1nccn1COCC[Si](C)(C)C. The third kappa shape index (κ3) is 7.63. The minimum atomic E-state index is -1.12. The fourth-order valence-electron chi connectivity index (χ4n) is 2.55. The lowest BCUT2D eigenvalue weighted by atomic mass is 10.3. The van der Waals surface area contributed by atoms with Gasteiger partial charge < -0.3 is 23.7 Å². The summed E-state index contributed by atoms with van der Waals surface area (Å²) in [7, 11) is -2.24. The van der Waals surface area contributed by atoms with E-state index >= 15 is 0 Å². The number of imidazole rings is 2. The van der Waals surface area contributed by atoms with Gasteiger partial charge in [-0.1, -0.05) is 39.3 Å². The summed E-state index contributed by atoms with van der Waals surface area (Å²) in [5.41, 5.74) is 0. The van der Waals surface area contributed by atoms with E-state index in [0.717, 1.165) is 25.3 Å². The molecule has 28 heavy (non-hydrogen) atoms. The molecule has 0 unspecified atom stereocenters. The van der Waals surface area contributed by atoms with Crippen LogP contribution in [0.4, 0.5) is 0 Å². The molecule has 2 rings (SSSR count). The van der Waals surface area contributed by atoms with Gasteiger partial charge in [0.2, 0.25) is 0 Å². The molecule has 158 valence electrons. The fraction of sp³-hybridized carbons (Fsp3) is 0.684. The summed E-state index contributed by atoms with van der Waals surface area (Å²) in [6.07, 6.45) is 6.08. The number of nitrogens with zero attached hydrogens (tertiary/aromatic N) is 4. The average Bonchev–Trinajstić information content (AvgIpc) is 3.22. The van der Waals surface area contributed by atoms with E-state index in [4.69, 9.17) is 9.47 Å². The van der Waals surface area contributed by atoms with Gasteiger partial charge in [0.15, 0.2) is 6.10 Å². The first kappa shape index (κ1) is 23.0. The fourth-order valence-corrected chi connectivity index (χ4v) is 4.07. The minimum Gasteiger partial charge on any atom is -0.377 e. The summed E-state index contributed by atoms with van der Waals surface area (Å²) >= 11 is 0. The zero-order valence-corrected chi connectivity index (χ0v) is 20.2. The Kier molecular flexibility index (Phi) is 8.20. The first-order valence-electron chi connectivity index (χ1n) is 9.92. The van der Waals surface area contributed by atoms with Crippen LogP contribution in [0.25, 0.3) is 0 Å². The van der Waals surface area contributed by atoms with Crippen LogP contribution in [-0.2, 0) is 22.9 Å². The highest BCUT2D eigenvalue weighted by atomic mass is 28.3. The summed E-state index contributed by atoms with van der Waals surface area (Å²) in [5.74, 6) is 1.06. The highest BCUT2D eigenvalue weighted by molar-refractivity contribution is 6.76. The van der Waals surface area contributed by atoms with Crippen LogP contribution >= 0.6 is 0 Å². The molecule has 1 N–H and O–H groups in total. The quantitative estimate of drug-likeness (QED) is 0.414. The lowest BCUT2D eigenvalue weighted by Gasteiger charge is -2.18. The number of rotatable bonds is 12. The van der Waals surface area contributed by atoms with E-state index < -0.39 is 22.3 Å². The molecule has 2 aromatic heterocycles. The molecule has 0 radical (unpaired) electrons. The Morgan fingerprint density at radius 1 is 0.821 bits per heavy atom. The van der Waals surface area contributed by atoms with E-state index in [2.05, 4.69) is 49.3 Å². The van der Waals surface area contributed by atoms with Crippen molar-refractivity contribution in [3.8, 4) is 0 Å². The summed E-state index contributed by atoms with van der Waals surface area (Å²) in [6, 6.07) is 2.22. The monoisotopic (exact) mass is 424 g/mol. The molecule has 2 heterocycles. The smallest absolute Gasteiger partial charge is 0.170 e. The standard InChI is InChI=1S/C19H36N4O3Si2/c1-27(2,3)13-11-25-15-22-9-7-20-18(22)17(24)19-21-8-10-23(19)16-26-12-14-28(4,5)6/h7-10,17,24H,11-16H2,1-6H3. The van der Waals surface area contributed by atoms with Crippen molar-refractivity contribution in [2.45, 2.75) is 70.9 Å². The number of aromatic nitrogens is 4. The molecule has 0 aliphatic rings. The van der Waals surface area contributed by atoms with Gasteiger partial charge in [0.05, 0.1) is 0 Å². The van der Waals surface area contributed by atoms with E-state index in [0.29, 0.717) is 25.1 Å². The Morgan fingerprint density at radius 2 is 1.21 bits per heavy atom. The molecule has 0 atom stereocenters. The molecule has 0 aliphatic carbocycles. The molecule has 0 spiro atoms. The molecule has 0 saturated carbocycles. The second kappa shape index (κ2) is 9.97. The number of aliphatic hydroxyl groups excluding tert-OH is 1. The molecule has 0 saturated heterocycles. The van der Waals surface area contributed by atoms with Crippen molar-refractivity contribution in [3.05, 3.63) is 36.4 Å². The van der Waals surface area contributed by atoms with Crippen LogP contribution in [0.1, 0.15) is 17.8 Å². The van der Waals surface area contributed by atoms with Gasteiger partial charge in [-0.05, 0) is 12.1 Å². The maximum atomic E-state index is 10.8. The number of aliphatic hydroxyl groups is 1. The largest absolute Gasteiger partial charge is 0.377 e. The molecule has 0 aliphatic heterocycles. The van der Waals surface area contributed by atoms with Gasteiger partial charge >= 0.3 is 0 Å². The first-order valence-corrected chi connectivity index (χ1v) is 17.3. The van der Waals surface area contributed by atoms with Gasteiger partial charge in [-0.15, -0.1) is 0 Å². The molecular formula is C19H36N4O3Si2. The second-order valence-electron chi connectivity index (χ2n) is 9.61. The predicted molar refractivity (Wildman–Crippen MR) is 117 cm³/mol. The second-order valence-corrected chi connectivity index (χ2v) is 20.9. The van der Waals surface area contributed by atoms with Crippen molar-refractivity contribution >= 4 is 16.1 Å². The number of ether oxygens (including phenoxy) is 2. The number of hydrogen-bond acceptors (Lipinski definition) is 5. The van der Waals surface area contributed by atoms with Crippen molar-refractivity contribution in [2.75, 3.05) is 13.2 Å². The van der Waals surface area contributed by atoms with Crippen molar-refractivity contribution < 1.29 is 14.6 Å². The molecule has 9 heteroatoms. The predicted octanol–water partition coefficient (Wildman–Crippen LogP) is 3.79. The molecule has 2 aromatic rings. The maximum Gasteiger partial charge on any atom is 0.170 e. The van der Waals surface area contributed by atoms with E-state index in [1.54, 1.807) is 12.4 Å². The van der Waals surface area contributed by atoms with Crippen molar-refractivity contribution in [1.82, 2.24) is 19.1 Å². The van der Waals surface area contributed by atoms with E-state index in [-0.39, 0.29) is 0 Å². The number of hydrogen-bond donors (Lipinski definition) is 1. The highest BCUT2D eigenvalue weighted by Gasteiger charge is 2.21. The van der Waals surface area contributed by atoms with Crippen molar-refractivity contribution in [1.29, 1.82) is 0 Å². The van der Waals surface area contributed by atoms with Crippen LogP contribution in [-0.4, -0.2) is 53.6 Å². The van der Waals surface area contributed by atoms with Crippen LogP contribution < -0.4 is 0 Å². The Hall–Kier alpha value is -1.27. The summed E-state index contributed by atoms with van der Waals surface area (Å²) < 4.78 is 15.3. The van der Waals surface area contributed by atoms with Crippen LogP contribution in [0.3, 0.4) is 0 Å². The van der Waals surface area contributed by atoms with Crippen LogP contribution in [0.15, 0.2) is 24.8 Å². The van der Waals surface area contributed by atoms with Crippen LogP contribution in [0, 0.1) is 0 Å². The maximum absolute atomic E-state index is 10.8. The summed E-state index contributed by atoms with van der Waals surface area (Å²) in [5, 5.41) is 10.8. The zero-order chi connectivity index (χ0) is 20.8. The summed E-state index contributed by atoms with van der Waals surface area (Å²) in [4.78, 5) is 8.64. The van der Waals surface area contributed by atoms with Gasteiger partial charge in [0.25, 0.3) is 0 Å². The minimum absolute atomic E-state index is 0.379. The zero-order valence-electron chi connectivity index (χ0n) is 18.2. The Morgan fingerprint density at radius 3 is 1.57 bits per heavy atom. The molecule has 0 fully saturated rings. The highest BCUT2D eigenvalue weighted by Crippen LogP contribution is 2.20. The lowest BCUT2D eigenvalue weighted by Crippen LogP contribution is -2.23. The normalized spacial score (nSPS) is 12.9. The van der Waals surface area contributed by atoms with Crippen molar-refractivity contribution in [3.63, 3.8) is 0 Å². The molecule has 0 aromatic carbocycles. The Balaban J connectivity index is 1.93.